The third kappa shape index (κ3) is 6.09. The highest BCUT2D eigenvalue weighted by atomic mass is 35.5. The first-order valence-corrected chi connectivity index (χ1v) is 8.70. The van der Waals surface area contributed by atoms with Crippen LogP contribution in [0.3, 0.4) is 0 Å². The van der Waals surface area contributed by atoms with Crippen LogP contribution in [0.15, 0.2) is 24.3 Å². The van der Waals surface area contributed by atoms with E-state index in [1.165, 1.54) is 0 Å². The van der Waals surface area contributed by atoms with Crippen LogP contribution < -0.4 is 0 Å². The molecule has 0 radical (unpaired) electrons. The zero-order valence-corrected chi connectivity index (χ0v) is 13.6. The summed E-state index contributed by atoms with van der Waals surface area (Å²) in [5.41, 5.74) is 1.92. The van der Waals surface area contributed by atoms with Gasteiger partial charge in [-0.05, 0) is 38.8 Å². The smallest absolute Gasteiger partial charge is 0.306 e. The van der Waals surface area contributed by atoms with E-state index in [-0.39, 0.29) is 18.4 Å². The van der Waals surface area contributed by atoms with Crippen LogP contribution in [0.2, 0.25) is 0 Å². The zero-order valence-electron chi connectivity index (χ0n) is 11.9. The highest BCUT2D eigenvalue weighted by Gasteiger charge is 2.28. The maximum Gasteiger partial charge on any atom is 0.335 e. The fourth-order valence-corrected chi connectivity index (χ4v) is 4.07. The van der Waals surface area contributed by atoms with Gasteiger partial charge in [-0.25, -0.2) is 0 Å². The molecule has 1 aromatic carbocycles. The average molecular weight is 305 g/mol. The van der Waals surface area contributed by atoms with Crippen molar-refractivity contribution in [3.63, 3.8) is 0 Å². The highest BCUT2D eigenvalue weighted by molar-refractivity contribution is 7.53. The number of alkyl halides is 1. The molecular weight excluding hydrogens is 283 g/mol. The van der Waals surface area contributed by atoms with Crippen molar-refractivity contribution < 1.29 is 13.6 Å². The summed E-state index contributed by atoms with van der Waals surface area (Å²) in [5.74, 6) is 0.439. The summed E-state index contributed by atoms with van der Waals surface area (Å²) in [6, 6.07) is 7.69. The van der Waals surface area contributed by atoms with E-state index in [9.17, 15) is 4.57 Å². The third-order valence-electron chi connectivity index (χ3n) is 2.26. The van der Waals surface area contributed by atoms with Crippen molar-refractivity contribution in [1.82, 2.24) is 0 Å². The number of benzene rings is 1. The van der Waals surface area contributed by atoms with Gasteiger partial charge in [-0.15, -0.1) is 11.6 Å². The number of halogens is 1. The Kier molecular flexibility index (Phi) is 6.55. The quantitative estimate of drug-likeness (QED) is 0.527. The predicted octanol–water partition coefficient (Wildman–Crippen LogP) is 4.97. The first-order chi connectivity index (χ1) is 8.84. The van der Waals surface area contributed by atoms with Crippen molar-refractivity contribution in [2.45, 2.75) is 51.9 Å². The summed E-state index contributed by atoms with van der Waals surface area (Å²) >= 11 is 5.81. The van der Waals surface area contributed by atoms with Crippen LogP contribution in [0.5, 0.6) is 0 Å². The van der Waals surface area contributed by atoms with Crippen molar-refractivity contribution in [2.75, 3.05) is 0 Å². The summed E-state index contributed by atoms with van der Waals surface area (Å²) < 4.78 is 23.8. The maximum atomic E-state index is 12.7. The monoisotopic (exact) mass is 304 g/mol. The number of hydrogen-bond acceptors (Lipinski definition) is 3. The molecule has 0 aliphatic rings. The zero-order chi connectivity index (χ0) is 14.5. The molecule has 0 aliphatic carbocycles. The Labute approximate surface area is 120 Å². The molecule has 0 bridgehead atoms. The highest BCUT2D eigenvalue weighted by Crippen LogP contribution is 2.53. The van der Waals surface area contributed by atoms with Crippen LogP contribution in [0.1, 0.15) is 38.8 Å². The molecule has 0 spiro atoms. The van der Waals surface area contributed by atoms with Crippen molar-refractivity contribution in [2.24, 2.45) is 0 Å². The van der Waals surface area contributed by atoms with E-state index in [1.54, 1.807) is 0 Å². The van der Waals surface area contributed by atoms with Gasteiger partial charge in [0.25, 0.3) is 0 Å². The molecule has 0 aliphatic heterocycles. The van der Waals surface area contributed by atoms with Gasteiger partial charge in [0.1, 0.15) is 0 Å². The normalized spacial score (nSPS) is 12.4. The van der Waals surface area contributed by atoms with Crippen LogP contribution in [0, 0.1) is 0 Å². The summed E-state index contributed by atoms with van der Waals surface area (Å²) in [6.07, 6.45) is -0.00440. The second-order valence-electron chi connectivity index (χ2n) is 5.03. The molecule has 3 nitrogen and oxygen atoms in total. The Bertz CT molecular complexity index is 432. The lowest BCUT2D eigenvalue weighted by Gasteiger charge is -2.23. The van der Waals surface area contributed by atoms with Crippen molar-refractivity contribution >= 4 is 19.2 Å². The third-order valence-corrected chi connectivity index (χ3v) is 4.81. The molecule has 0 fully saturated rings. The second-order valence-corrected chi connectivity index (χ2v) is 7.26. The maximum absolute atomic E-state index is 12.7. The van der Waals surface area contributed by atoms with Crippen LogP contribution in [0.25, 0.3) is 0 Å². The first kappa shape index (κ1) is 16.7. The molecule has 0 N–H and O–H groups in total. The fourth-order valence-electron chi connectivity index (χ4n) is 1.78. The van der Waals surface area contributed by atoms with Crippen LogP contribution in [-0.2, 0) is 25.7 Å². The average Bonchev–Trinajstić information content (AvgIpc) is 2.26. The lowest BCUT2D eigenvalue weighted by atomic mass is 10.2. The van der Waals surface area contributed by atoms with Gasteiger partial charge in [0, 0.05) is 5.88 Å². The second kappa shape index (κ2) is 7.44. The van der Waals surface area contributed by atoms with Gasteiger partial charge in [0.05, 0.1) is 18.4 Å². The van der Waals surface area contributed by atoms with E-state index in [4.69, 9.17) is 20.6 Å². The number of rotatable bonds is 7. The number of hydrogen-bond donors (Lipinski definition) is 0. The molecule has 19 heavy (non-hydrogen) atoms. The molecule has 0 unspecified atom stereocenters. The van der Waals surface area contributed by atoms with Gasteiger partial charge in [0.2, 0.25) is 0 Å². The molecule has 0 amide bonds. The lowest BCUT2D eigenvalue weighted by molar-refractivity contribution is 0.141. The Morgan fingerprint density at radius 1 is 1.11 bits per heavy atom. The van der Waals surface area contributed by atoms with Crippen molar-refractivity contribution in [1.29, 1.82) is 0 Å². The summed E-state index contributed by atoms with van der Waals surface area (Å²) in [6.45, 7) is 7.41. The molecular formula is C14H22ClO3P. The Balaban J connectivity index is 2.90. The lowest BCUT2D eigenvalue weighted by Crippen LogP contribution is -2.09. The minimum Gasteiger partial charge on any atom is -0.306 e. The van der Waals surface area contributed by atoms with E-state index in [0.29, 0.717) is 5.88 Å². The molecule has 108 valence electrons. The van der Waals surface area contributed by atoms with E-state index < -0.39 is 7.60 Å². The van der Waals surface area contributed by atoms with Gasteiger partial charge in [0.15, 0.2) is 0 Å². The summed E-state index contributed by atoms with van der Waals surface area (Å²) in [4.78, 5) is 0. The Morgan fingerprint density at radius 2 is 1.63 bits per heavy atom. The summed E-state index contributed by atoms with van der Waals surface area (Å²) in [7, 11) is -3.13. The van der Waals surface area contributed by atoms with Crippen LogP contribution in [-0.4, -0.2) is 12.2 Å². The summed E-state index contributed by atoms with van der Waals surface area (Å²) in [5, 5.41) is 0. The largest absolute Gasteiger partial charge is 0.335 e. The van der Waals surface area contributed by atoms with E-state index in [0.717, 1.165) is 11.1 Å². The molecule has 5 heteroatoms. The molecule has 0 atom stereocenters. The Hall–Kier alpha value is -0.340. The van der Waals surface area contributed by atoms with Crippen molar-refractivity contribution in [3.8, 4) is 0 Å². The SMILES string of the molecule is CC(C)OP(=O)(Cc1cccc(CCl)c1)OC(C)C. The molecule has 0 aromatic heterocycles. The van der Waals surface area contributed by atoms with Gasteiger partial charge in [-0.2, -0.15) is 0 Å². The van der Waals surface area contributed by atoms with Gasteiger partial charge in [-0.1, -0.05) is 24.3 Å². The van der Waals surface area contributed by atoms with Gasteiger partial charge >= 0.3 is 7.60 Å². The van der Waals surface area contributed by atoms with Gasteiger partial charge in [-0.3, -0.25) is 4.57 Å². The molecule has 0 saturated heterocycles. The minimum atomic E-state index is -3.13. The van der Waals surface area contributed by atoms with E-state index in [1.807, 2.05) is 52.0 Å². The molecule has 0 saturated carbocycles. The predicted molar refractivity (Wildman–Crippen MR) is 79.8 cm³/mol. The topological polar surface area (TPSA) is 35.5 Å². The van der Waals surface area contributed by atoms with Crippen molar-refractivity contribution in [3.05, 3.63) is 35.4 Å². The van der Waals surface area contributed by atoms with Crippen LogP contribution >= 0.6 is 19.2 Å². The fraction of sp³-hybridized carbons (Fsp3) is 0.571. The standard InChI is InChI=1S/C14H22ClO3P/c1-11(2)17-19(16,18-12(3)4)10-14-7-5-6-13(8-14)9-15/h5-8,11-12H,9-10H2,1-4H3. The molecule has 1 aromatic rings. The molecule has 0 heterocycles. The van der Waals surface area contributed by atoms with Crippen LogP contribution in [0.4, 0.5) is 0 Å². The first-order valence-electron chi connectivity index (χ1n) is 6.44. The Morgan fingerprint density at radius 3 is 2.11 bits per heavy atom. The van der Waals surface area contributed by atoms with E-state index >= 15 is 0 Å². The van der Waals surface area contributed by atoms with E-state index in [2.05, 4.69) is 0 Å². The molecule has 1 rings (SSSR count). The van der Waals surface area contributed by atoms with Gasteiger partial charge < -0.3 is 9.05 Å². The minimum absolute atomic E-state index is 0.138.